The minimum absolute atomic E-state index is 0.222. The molecule has 0 radical (unpaired) electrons. The second-order valence-electron chi connectivity index (χ2n) is 4.17. The van der Waals surface area contributed by atoms with Crippen molar-refractivity contribution in [3.8, 4) is 0 Å². The van der Waals surface area contributed by atoms with Gasteiger partial charge in [0.2, 0.25) is 5.91 Å². The van der Waals surface area contributed by atoms with Gasteiger partial charge in [-0.1, -0.05) is 0 Å². The molecule has 4 nitrogen and oxygen atoms in total. The number of aromatic nitrogens is 1. The average molecular weight is 251 g/mol. The molecule has 0 aromatic carbocycles. The summed E-state index contributed by atoms with van der Waals surface area (Å²) < 4.78 is 0. The number of amides is 1. The summed E-state index contributed by atoms with van der Waals surface area (Å²) in [5.41, 5.74) is 0. The molecule has 1 unspecified atom stereocenters. The summed E-state index contributed by atoms with van der Waals surface area (Å²) in [6, 6.07) is 4.26. The van der Waals surface area contributed by atoms with Gasteiger partial charge in [0, 0.05) is 43.0 Å². The molecule has 1 aliphatic heterocycles. The number of thioether (sulfide) groups is 1. The minimum Gasteiger partial charge on any atom is -0.339 e. The van der Waals surface area contributed by atoms with Crippen LogP contribution in [0.1, 0.15) is 6.92 Å². The van der Waals surface area contributed by atoms with E-state index in [9.17, 15) is 4.79 Å². The summed E-state index contributed by atoms with van der Waals surface area (Å²) in [6.45, 7) is 4.64. The Balaban J connectivity index is 1.81. The number of carbonyl (C=O) groups is 1. The van der Waals surface area contributed by atoms with Crippen LogP contribution in [0.3, 0.4) is 0 Å². The van der Waals surface area contributed by atoms with Crippen molar-refractivity contribution in [1.29, 1.82) is 0 Å². The van der Waals surface area contributed by atoms with Crippen LogP contribution in [0.2, 0.25) is 0 Å². The third-order valence-electron chi connectivity index (χ3n) is 2.73. The molecule has 1 N–H and O–H groups in total. The molecule has 1 aromatic rings. The van der Waals surface area contributed by atoms with Gasteiger partial charge in [0.15, 0.2) is 0 Å². The summed E-state index contributed by atoms with van der Waals surface area (Å²) in [5, 5.41) is 3.33. The fourth-order valence-electron chi connectivity index (χ4n) is 1.83. The molecule has 1 fully saturated rings. The first-order valence-corrected chi connectivity index (χ1v) is 6.78. The highest BCUT2D eigenvalue weighted by Crippen LogP contribution is 2.17. The van der Waals surface area contributed by atoms with Gasteiger partial charge in [-0.15, -0.1) is 11.8 Å². The van der Waals surface area contributed by atoms with Crippen molar-refractivity contribution >= 4 is 17.7 Å². The summed E-state index contributed by atoms with van der Waals surface area (Å²) in [6.07, 6.45) is 3.50. The van der Waals surface area contributed by atoms with Crippen LogP contribution < -0.4 is 5.32 Å². The van der Waals surface area contributed by atoms with E-state index in [0.29, 0.717) is 11.8 Å². The van der Waals surface area contributed by atoms with Crippen molar-refractivity contribution in [2.45, 2.75) is 17.9 Å². The molecule has 0 aliphatic carbocycles. The van der Waals surface area contributed by atoms with Gasteiger partial charge in [-0.05, 0) is 19.1 Å². The molecule has 0 bridgehead atoms. The molecule has 92 valence electrons. The maximum Gasteiger partial charge on any atom is 0.233 e. The summed E-state index contributed by atoms with van der Waals surface area (Å²) in [5.74, 6) is 0.733. The lowest BCUT2D eigenvalue weighted by Crippen LogP contribution is -2.51. The van der Waals surface area contributed by atoms with Crippen LogP contribution in [0.15, 0.2) is 29.4 Å². The van der Waals surface area contributed by atoms with E-state index in [-0.39, 0.29) is 5.91 Å². The van der Waals surface area contributed by atoms with Crippen LogP contribution in [0.4, 0.5) is 0 Å². The zero-order valence-corrected chi connectivity index (χ0v) is 10.7. The van der Waals surface area contributed by atoms with E-state index < -0.39 is 0 Å². The van der Waals surface area contributed by atoms with Crippen LogP contribution >= 0.6 is 11.8 Å². The van der Waals surface area contributed by atoms with Crippen molar-refractivity contribution in [3.05, 3.63) is 24.5 Å². The van der Waals surface area contributed by atoms with Gasteiger partial charge in [0.25, 0.3) is 0 Å². The van der Waals surface area contributed by atoms with Gasteiger partial charge < -0.3 is 10.2 Å². The summed E-state index contributed by atoms with van der Waals surface area (Å²) in [4.78, 5) is 19.0. The van der Waals surface area contributed by atoms with E-state index in [0.717, 1.165) is 24.5 Å². The number of rotatable bonds is 3. The normalized spacial score (nSPS) is 20.3. The Morgan fingerprint density at radius 3 is 3.06 bits per heavy atom. The molecule has 0 spiro atoms. The van der Waals surface area contributed by atoms with Crippen molar-refractivity contribution in [1.82, 2.24) is 15.2 Å². The van der Waals surface area contributed by atoms with Crippen molar-refractivity contribution in [2.75, 3.05) is 25.4 Å². The molecule has 1 amide bonds. The Morgan fingerprint density at radius 1 is 1.59 bits per heavy atom. The molecular weight excluding hydrogens is 234 g/mol. The molecule has 0 saturated carbocycles. The average Bonchev–Trinajstić information content (AvgIpc) is 2.37. The SMILES string of the molecule is CC1CN(C(=O)CSc2ccncc2)CCN1. The van der Waals surface area contributed by atoms with Crippen molar-refractivity contribution < 1.29 is 4.79 Å². The summed E-state index contributed by atoms with van der Waals surface area (Å²) >= 11 is 1.57. The molecule has 1 aromatic heterocycles. The molecule has 1 atom stereocenters. The second-order valence-corrected chi connectivity index (χ2v) is 5.22. The molecule has 1 aliphatic rings. The van der Waals surface area contributed by atoms with E-state index in [1.165, 1.54) is 0 Å². The lowest BCUT2D eigenvalue weighted by atomic mass is 10.2. The van der Waals surface area contributed by atoms with Crippen LogP contribution in [0.5, 0.6) is 0 Å². The largest absolute Gasteiger partial charge is 0.339 e. The standard InChI is InChI=1S/C12H17N3OS/c1-10-8-15(7-6-14-10)12(16)9-17-11-2-4-13-5-3-11/h2-5,10,14H,6-9H2,1H3. The zero-order chi connectivity index (χ0) is 12.1. The van der Waals surface area contributed by atoms with Gasteiger partial charge in [-0.2, -0.15) is 0 Å². The number of pyridine rings is 1. The Hall–Kier alpha value is -1.07. The molecule has 2 heterocycles. The van der Waals surface area contributed by atoms with E-state index in [4.69, 9.17) is 0 Å². The lowest BCUT2D eigenvalue weighted by molar-refractivity contribution is -0.129. The predicted octanol–water partition coefficient (Wildman–Crippen LogP) is 0.994. The first-order valence-electron chi connectivity index (χ1n) is 5.79. The first-order chi connectivity index (χ1) is 8.25. The van der Waals surface area contributed by atoms with Gasteiger partial charge in [-0.25, -0.2) is 0 Å². The quantitative estimate of drug-likeness (QED) is 0.814. The van der Waals surface area contributed by atoms with Gasteiger partial charge in [-0.3, -0.25) is 9.78 Å². The molecule has 1 saturated heterocycles. The smallest absolute Gasteiger partial charge is 0.233 e. The Kier molecular flexibility index (Phi) is 4.39. The predicted molar refractivity (Wildman–Crippen MR) is 69.0 cm³/mol. The number of piperazine rings is 1. The molecule has 17 heavy (non-hydrogen) atoms. The van der Waals surface area contributed by atoms with E-state index in [1.54, 1.807) is 24.2 Å². The third-order valence-corrected chi connectivity index (χ3v) is 3.73. The zero-order valence-electron chi connectivity index (χ0n) is 9.93. The second kappa shape index (κ2) is 6.02. The Labute approximate surface area is 106 Å². The van der Waals surface area contributed by atoms with E-state index in [1.807, 2.05) is 17.0 Å². The molecule has 5 heteroatoms. The number of hydrogen-bond acceptors (Lipinski definition) is 4. The Morgan fingerprint density at radius 2 is 2.35 bits per heavy atom. The highest BCUT2D eigenvalue weighted by molar-refractivity contribution is 8.00. The van der Waals surface area contributed by atoms with Crippen LogP contribution in [0.25, 0.3) is 0 Å². The molecule has 2 rings (SSSR count). The lowest BCUT2D eigenvalue weighted by Gasteiger charge is -2.31. The minimum atomic E-state index is 0.222. The van der Waals surface area contributed by atoms with Gasteiger partial charge in [0.1, 0.15) is 0 Å². The topological polar surface area (TPSA) is 45.2 Å². The number of hydrogen-bond donors (Lipinski definition) is 1. The fourth-order valence-corrected chi connectivity index (χ4v) is 2.62. The third kappa shape index (κ3) is 3.71. The van der Waals surface area contributed by atoms with Crippen LogP contribution in [0, 0.1) is 0 Å². The number of nitrogens with zero attached hydrogens (tertiary/aromatic N) is 2. The highest BCUT2D eigenvalue weighted by Gasteiger charge is 2.20. The van der Waals surface area contributed by atoms with Crippen LogP contribution in [-0.2, 0) is 4.79 Å². The van der Waals surface area contributed by atoms with Gasteiger partial charge >= 0.3 is 0 Å². The van der Waals surface area contributed by atoms with Crippen LogP contribution in [-0.4, -0.2) is 47.2 Å². The van der Waals surface area contributed by atoms with Gasteiger partial charge in [0.05, 0.1) is 5.75 Å². The van der Waals surface area contributed by atoms with Crippen molar-refractivity contribution in [3.63, 3.8) is 0 Å². The first kappa shape index (κ1) is 12.4. The summed E-state index contributed by atoms with van der Waals surface area (Å²) in [7, 11) is 0. The highest BCUT2D eigenvalue weighted by atomic mass is 32.2. The number of nitrogens with one attached hydrogen (secondary N) is 1. The molecular formula is C12H17N3OS. The maximum atomic E-state index is 12.0. The number of carbonyl (C=O) groups excluding carboxylic acids is 1. The van der Waals surface area contributed by atoms with E-state index in [2.05, 4.69) is 17.2 Å². The fraction of sp³-hybridized carbons (Fsp3) is 0.500. The maximum absolute atomic E-state index is 12.0. The Bertz CT molecular complexity index is 371. The monoisotopic (exact) mass is 251 g/mol. The van der Waals surface area contributed by atoms with Crippen molar-refractivity contribution in [2.24, 2.45) is 0 Å². The van der Waals surface area contributed by atoms with E-state index >= 15 is 0 Å².